The van der Waals surface area contributed by atoms with E-state index >= 15 is 0 Å². The van der Waals surface area contributed by atoms with Crippen LogP contribution in [0.3, 0.4) is 0 Å². The van der Waals surface area contributed by atoms with Crippen molar-refractivity contribution in [1.82, 2.24) is 0 Å². The Morgan fingerprint density at radius 3 is 1.66 bits per heavy atom. The molecule has 0 aliphatic carbocycles. The van der Waals surface area contributed by atoms with Gasteiger partial charge in [-0.3, -0.25) is 4.79 Å². The second-order valence-electron chi connectivity index (χ2n) is 12.0. The summed E-state index contributed by atoms with van der Waals surface area (Å²) >= 11 is 5.71. The second kappa shape index (κ2) is 18.3. The number of allylic oxidation sites excluding steroid dienone is 2. The molecule has 0 N–H and O–H groups in total. The molecule has 50 heavy (non-hydrogen) atoms. The third-order valence-corrected chi connectivity index (χ3v) is 8.10. The molecule has 0 saturated carbocycles. The molecule has 6 atom stereocenters. The van der Waals surface area contributed by atoms with E-state index in [2.05, 4.69) is 6.58 Å². The highest BCUT2D eigenvalue weighted by Crippen LogP contribution is 2.35. The molecule has 264 valence electrons. The van der Waals surface area contributed by atoms with Crippen LogP contribution in [0.15, 0.2) is 115 Å². The molecule has 4 rings (SSSR count). The van der Waals surface area contributed by atoms with Gasteiger partial charge in [-0.25, -0.2) is 14.4 Å². The molecule has 1 aliphatic rings. The quantitative estimate of drug-likeness (QED) is 0.0716. The van der Waals surface area contributed by atoms with Crippen molar-refractivity contribution in [3.05, 3.63) is 132 Å². The number of carbonyl (C=O) groups excluding carboxylic acids is 4. The Morgan fingerprint density at radius 2 is 1.22 bits per heavy atom. The fraction of sp³-hybridized carbons (Fsp3) is 0.333. The molecule has 10 nitrogen and oxygen atoms in total. The average molecular weight is 705 g/mol. The minimum absolute atomic E-state index is 0.181. The molecule has 0 spiro atoms. The summed E-state index contributed by atoms with van der Waals surface area (Å²) in [7, 11) is 0. The van der Waals surface area contributed by atoms with Gasteiger partial charge in [0.2, 0.25) is 0 Å². The lowest BCUT2D eigenvalue weighted by Crippen LogP contribution is -2.64. The van der Waals surface area contributed by atoms with E-state index in [1.54, 1.807) is 104 Å². The summed E-state index contributed by atoms with van der Waals surface area (Å²) < 4.78 is 36.4. The predicted octanol–water partition coefficient (Wildman–Crippen LogP) is 6.88. The van der Waals surface area contributed by atoms with E-state index in [-0.39, 0.29) is 16.7 Å². The molecule has 0 amide bonds. The predicted molar refractivity (Wildman–Crippen MR) is 186 cm³/mol. The van der Waals surface area contributed by atoms with Gasteiger partial charge >= 0.3 is 23.9 Å². The number of hydrogen-bond donors (Lipinski definition) is 0. The van der Waals surface area contributed by atoms with E-state index in [0.717, 1.165) is 5.57 Å². The van der Waals surface area contributed by atoms with E-state index in [1.165, 1.54) is 0 Å². The lowest BCUT2D eigenvalue weighted by molar-refractivity contribution is -0.317. The molecule has 1 aliphatic heterocycles. The van der Waals surface area contributed by atoms with Crippen molar-refractivity contribution in [2.45, 2.75) is 69.9 Å². The van der Waals surface area contributed by atoms with Crippen molar-refractivity contribution in [3.63, 3.8) is 0 Å². The number of rotatable bonds is 15. The normalized spacial score (nSPS) is 21.1. The van der Waals surface area contributed by atoms with Crippen molar-refractivity contribution in [3.8, 4) is 0 Å². The monoisotopic (exact) mass is 704 g/mol. The van der Waals surface area contributed by atoms with Gasteiger partial charge in [0.15, 0.2) is 24.6 Å². The molecular formula is C39H41ClO10. The molecule has 1 fully saturated rings. The zero-order valence-corrected chi connectivity index (χ0v) is 29.0. The number of halogens is 1. The Bertz CT molecular complexity index is 1620. The minimum atomic E-state index is -1.52. The molecule has 0 radical (unpaired) electrons. The molecule has 3 aromatic carbocycles. The molecule has 1 saturated heterocycles. The number of ether oxygens (including phenoxy) is 6. The van der Waals surface area contributed by atoms with Crippen molar-refractivity contribution in [2.75, 3.05) is 12.5 Å². The average Bonchev–Trinajstić information content (AvgIpc) is 3.13. The number of alkyl halides is 1. The molecule has 0 aromatic heterocycles. The van der Waals surface area contributed by atoms with Crippen LogP contribution in [-0.4, -0.2) is 72.7 Å². The van der Waals surface area contributed by atoms with Gasteiger partial charge in [0.1, 0.15) is 18.6 Å². The van der Waals surface area contributed by atoms with Gasteiger partial charge < -0.3 is 28.4 Å². The van der Waals surface area contributed by atoms with Gasteiger partial charge in [-0.1, -0.05) is 72.3 Å². The summed E-state index contributed by atoms with van der Waals surface area (Å²) in [5, 5.41) is 0. The molecular weight excluding hydrogens is 664 g/mol. The maximum atomic E-state index is 13.7. The highest BCUT2D eigenvalue weighted by atomic mass is 35.5. The summed E-state index contributed by atoms with van der Waals surface area (Å²) in [6.07, 6.45) is -2.48. The third-order valence-electron chi connectivity index (χ3n) is 7.88. The lowest BCUT2D eigenvalue weighted by atomic mass is 9.95. The zero-order valence-electron chi connectivity index (χ0n) is 28.2. The van der Waals surface area contributed by atoms with Crippen molar-refractivity contribution in [1.29, 1.82) is 0 Å². The van der Waals surface area contributed by atoms with E-state index in [9.17, 15) is 19.2 Å². The van der Waals surface area contributed by atoms with Crippen molar-refractivity contribution >= 4 is 35.5 Å². The summed E-state index contributed by atoms with van der Waals surface area (Å²) in [5.74, 6) is -3.60. The second-order valence-corrected chi connectivity index (χ2v) is 12.3. The Balaban J connectivity index is 1.82. The van der Waals surface area contributed by atoms with Crippen LogP contribution < -0.4 is 0 Å². The molecule has 11 heteroatoms. The summed E-state index contributed by atoms with van der Waals surface area (Å²) in [5.41, 5.74) is 0.627. The Kier molecular flexibility index (Phi) is 13.9. The van der Waals surface area contributed by atoms with Crippen LogP contribution in [0.2, 0.25) is 0 Å². The first kappa shape index (κ1) is 38.0. The van der Waals surface area contributed by atoms with Crippen molar-refractivity contribution < 1.29 is 47.6 Å². The number of esters is 4. The Morgan fingerprint density at radius 1 is 0.760 bits per heavy atom. The lowest BCUT2D eigenvalue weighted by Gasteiger charge is -2.46. The molecule has 0 bridgehead atoms. The van der Waals surface area contributed by atoms with Crippen LogP contribution >= 0.6 is 11.6 Å². The van der Waals surface area contributed by atoms with E-state index in [0.29, 0.717) is 12.8 Å². The number of carbonyl (C=O) groups is 4. The largest absolute Gasteiger partial charge is 0.462 e. The van der Waals surface area contributed by atoms with Crippen LogP contribution in [0.5, 0.6) is 0 Å². The smallest absolute Gasteiger partial charge is 0.338 e. The fourth-order valence-corrected chi connectivity index (χ4v) is 5.22. The first-order valence-electron chi connectivity index (χ1n) is 16.1. The maximum absolute atomic E-state index is 13.7. The molecule has 0 unspecified atom stereocenters. The number of hydrogen-bond acceptors (Lipinski definition) is 10. The maximum Gasteiger partial charge on any atom is 0.338 e. The van der Waals surface area contributed by atoms with Crippen LogP contribution in [0.1, 0.15) is 64.7 Å². The third kappa shape index (κ3) is 10.6. The van der Waals surface area contributed by atoms with Gasteiger partial charge in [0.25, 0.3) is 0 Å². The first-order chi connectivity index (χ1) is 24.0. The highest BCUT2D eigenvalue weighted by Gasteiger charge is 2.54. The summed E-state index contributed by atoms with van der Waals surface area (Å²) in [6, 6.07) is 24.4. The first-order valence-corrected chi connectivity index (χ1v) is 16.7. The highest BCUT2D eigenvalue weighted by molar-refractivity contribution is 6.26. The topological polar surface area (TPSA) is 124 Å². The van der Waals surface area contributed by atoms with Gasteiger partial charge in [-0.2, -0.15) is 0 Å². The van der Waals surface area contributed by atoms with Gasteiger partial charge in [0.05, 0.1) is 22.3 Å². The van der Waals surface area contributed by atoms with Crippen molar-refractivity contribution in [2.24, 2.45) is 0 Å². The van der Waals surface area contributed by atoms with Crippen LogP contribution in [0, 0.1) is 0 Å². The van der Waals surface area contributed by atoms with E-state index in [4.69, 9.17) is 40.0 Å². The van der Waals surface area contributed by atoms with E-state index < -0.39 is 72.7 Å². The van der Waals surface area contributed by atoms with Gasteiger partial charge in [0, 0.05) is 0 Å². The standard InChI is InChI=1S/C39H41ClO10/c1-5-39(4,23-15-16-26(2)3)50-38-34(49-37(44)29-21-13-8-14-22-29)33(48-36(43)28-19-11-7-12-20-28)32(30(46-38)25-45-31(41)24-40)47-35(42)27-17-9-6-10-18-27/h5-14,16-22,30,32-34,38H,1,15,23-25H2,2-4H3/t30-,32-,33+,34-,38+,39-/m1/s1. The minimum Gasteiger partial charge on any atom is -0.462 e. The Hall–Kier alpha value is -4.77. The van der Waals surface area contributed by atoms with Crippen LogP contribution in [-0.2, 0) is 33.2 Å². The van der Waals surface area contributed by atoms with Crippen LogP contribution in [0.25, 0.3) is 0 Å². The van der Waals surface area contributed by atoms with Gasteiger partial charge in [-0.15, -0.1) is 18.2 Å². The summed E-state index contributed by atoms with van der Waals surface area (Å²) in [6.45, 7) is 9.23. The van der Waals surface area contributed by atoms with E-state index in [1.807, 2.05) is 19.9 Å². The SMILES string of the molecule is C=C[C@](C)(CCC=C(C)C)O[C@@H]1O[C@H](COC(=O)CCl)[C@@H](OC(=O)c2ccccc2)[C@H](OC(=O)c2ccccc2)[C@H]1OC(=O)c1ccccc1. The Labute approximate surface area is 296 Å². The molecule has 3 aromatic rings. The van der Waals surface area contributed by atoms with Crippen LogP contribution in [0.4, 0.5) is 0 Å². The van der Waals surface area contributed by atoms with Gasteiger partial charge in [-0.05, 0) is 70.0 Å². The number of benzene rings is 3. The molecule has 1 heterocycles. The zero-order chi connectivity index (χ0) is 36.1. The summed E-state index contributed by atoms with van der Waals surface area (Å²) in [4.78, 5) is 53.1. The fourth-order valence-electron chi connectivity index (χ4n) is 5.14.